The van der Waals surface area contributed by atoms with Crippen molar-refractivity contribution in [2.24, 2.45) is 10.4 Å². The maximum atomic E-state index is 11.8. The first-order valence-electron chi connectivity index (χ1n) is 8.98. The summed E-state index contributed by atoms with van der Waals surface area (Å²) in [4.78, 5) is 6.78. The van der Waals surface area contributed by atoms with Gasteiger partial charge in [0.1, 0.15) is 0 Å². The lowest BCUT2D eigenvalue weighted by Crippen LogP contribution is -2.44. The van der Waals surface area contributed by atoms with Crippen molar-refractivity contribution in [1.82, 2.24) is 14.5 Å². The summed E-state index contributed by atoms with van der Waals surface area (Å²) in [7, 11) is -1.17. The fourth-order valence-corrected chi connectivity index (χ4v) is 5.92. The summed E-state index contributed by atoms with van der Waals surface area (Å²) < 4.78 is 25.2. The van der Waals surface area contributed by atoms with Gasteiger partial charge in [-0.25, -0.2) is 12.7 Å². The number of hydrogen-bond acceptors (Lipinski definition) is 3. The smallest absolute Gasteiger partial charge is 0.214 e. The van der Waals surface area contributed by atoms with Crippen molar-refractivity contribution in [2.45, 2.75) is 44.9 Å². The zero-order chi connectivity index (χ0) is 16.3. The fraction of sp³-hybridized carbons (Fsp3) is 0.938. The van der Waals surface area contributed by atoms with Crippen LogP contribution in [0.4, 0.5) is 0 Å². The molecule has 0 unspecified atom stereocenters. The SMILES string of the molecule is CN=C(NCCN1CCCS1(=O)=O)N1CCC2(CCCCC2)C1. The average Bonchev–Trinajstić information content (AvgIpc) is 3.08. The highest BCUT2D eigenvalue weighted by Gasteiger charge is 2.39. The molecule has 2 aliphatic heterocycles. The van der Waals surface area contributed by atoms with E-state index >= 15 is 0 Å². The standard InChI is InChI=1S/C16H30N4O2S/c1-17-15(18-9-12-20-10-5-13-23(20,21)22)19-11-8-16(14-19)6-3-2-4-7-16/h2-14H2,1H3,(H,17,18). The van der Waals surface area contributed by atoms with Gasteiger partial charge in [0.25, 0.3) is 0 Å². The van der Waals surface area contributed by atoms with Gasteiger partial charge in [0, 0.05) is 39.8 Å². The van der Waals surface area contributed by atoms with Crippen LogP contribution in [0.2, 0.25) is 0 Å². The molecular weight excluding hydrogens is 312 g/mol. The van der Waals surface area contributed by atoms with Crippen LogP contribution in [-0.2, 0) is 10.0 Å². The Kier molecular flexibility index (Phi) is 5.16. The summed E-state index contributed by atoms with van der Waals surface area (Å²) in [6, 6.07) is 0. The van der Waals surface area contributed by atoms with Crippen LogP contribution in [0.5, 0.6) is 0 Å². The van der Waals surface area contributed by atoms with Crippen molar-refractivity contribution < 1.29 is 8.42 Å². The van der Waals surface area contributed by atoms with Crippen molar-refractivity contribution in [2.75, 3.05) is 45.5 Å². The van der Waals surface area contributed by atoms with Gasteiger partial charge in [-0.2, -0.15) is 0 Å². The van der Waals surface area contributed by atoms with E-state index in [0.717, 1.165) is 25.5 Å². The minimum absolute atomic E-state index is 0.302. The Morgan fingerprint density at radius 3 is 2.57 bits per heavy atom. The molecule has 3 aliphatic rings. The number of aliphatic imine (C=N–C) groups is 1. The normalized spacial score (nSPS) is 27.7. The first kappa shape index (κ1) is 17.0. The molecule has 7 heteroatoms. The molecular formula is C16H30N4O2S. The van der Waals surface area contributed by atoms with Crippen LogP contribution in [0.25, 0.3) is 0 Å². The van der Waals surface area contributed by atoms with Crippen LogP contribution in [0.15, 0.2) is 4.99 Å². The summed E-state index contributed by atoms with van der Waals surface area (Å²) in [6.45, 7) is 4.02. The molecule has 1 aliphatic carbocycles. The Bertz CT molecular complexity index is 540. The van der Waals surface area contributed by atoms with E-state index in [4.69, 9.17) is 0 Å². The second-order valence-electron chi connectivity index (χ2n) is 7.27. The summed E-state index contributed by atoms with van der Waals surface area (Å²) in [5.74, 6) is 1.24. The highest BCUT2D eigenvalue weighted by atomic mass is 32.2. The Hall–Kier alpha value is -0.820. The van der Waals surface area contributed by atoms with Gasteiger partial charge in [0.15, 0.2) is 5.96 Å². The predicted octanol–water partition coefficient (Wildman–Crippen LogP) is 1.25. The number of rotatable bonds is 3. The molecule has 3 fully saturated rings. The molecule has 2 heterocycles. The molecule has 1 saturated carbocycles. The second-order valence-corrected chi connectivity index (χ2v) is 9.36. The van der Waals surface area contributed by atoms with E-state index in [-0.39, 0.29) is 0 Å². The predicted molar refractivity (Wildman–Crippen MR) is 93.0 cm³/mol. The van der Waals surface area contributed by atoms with Crippen LogP contribution >= 0.6 is 0 Å². The Morgan fingerprint density at radius 1 is 1.13 bits per heavy atom. The first-order chi connectivity index (χ1) is 11.0. The average molecular weight is 343 g/mol. The van der Waals surface area contributed by atoms with Crippen molar-refractivity contribution in [3.05, 3.63) is 0 Å². The number of hydrogen-bond donors (Lipinski definition) is 1. The van der Waals surface area contributed by atoms with E-state index in [2.05, 4.69) is 15.2 Å². The zero-order valence-electron chi connectivity index (χ0n) is 14.3. The molecule has 0 aromatic rings. The second kappa shape index (κ2) is 6.97. The fourth-order valence-electron chi connectivity index (χ4n) is 4.39. The topological polar surface area (TPSA) is 65.0 Å². The number of nitrogens with zero attached hydrogens (tertiary/aromatic N) is 3. The van der Waals surface area contributed by atoms with Gasteiger partial charge in [0.2, 0.25) is 10.0 Å². The summed E-state index contributed by atoms with van der Waals surface area (Å²) in [5.41, 5.74) is 0.508. The van der Waals surface area contributed by atoms with Crippen molar-refractivity contribution in [1.29, 1.82) is 0 Å². The molecule has 6 nitrogen and oxygen atoms in total. The van der Waals surface area contributed by atoms with E-state index in [9.17, 15) is 8.42 Å². The van der Waals surface area contributed by atoms with Gasteiger partial charge >= 0.3 is 0 Å². The van der Waals surface area contributed by atoms with Crippen LogP contribution in [0.3, 0.4) is 0 Å². The molecule has 0 aromatic heterocycles. The van der Waals surface area contributed by atoms with Gasteiger partial charge in [-0.3, -0.25) is 4.99 Å². The molecule has 0 radical (unpaired) electrons. The van der Waals surface area contributed by atoms with Gasteiger partial charge in [-0.05, 0) is 31.1 Å². The van der Waals surface area contributed by atoms with Gasteiger partial charge in [-0.1, -0.05) is 19.3 Å². The van der Waals surface area contributed by atoms with Crippen LogP contribution in [0.1, 0.15) is 44.9 Å². The summed E-state index contributed by atoms with van der Waals surface area (Å²) in [5, 5.41) is 3.37. The third-order valence-corrected chi connectivity index (χ3v) is 7.67. The minimum Gasteiger partial charge on any atom is -0.355 e. The molecule has 0 aromatic carbocycles. The Labute approximate surface area is 140 Å². The highest BCUT2D eigenvalue weighted by Crippen LogP contribution is 2.43. The lowest BCUT2D eigenvalue weighted by Gasteiger charge is -2.33. The van der Waals surface area contributed by atoms with E-state index in [1.54, 1.807) is 4.31 Å². The lowest BCUT2D eigenvalue weighted by molar-refractivity contribution is 0.203. The Balaban J connectivity index is 1.49. The molecule has 0 bridgehead atoms. The molecule has 1 N–H and O–H groups in total. The van der Waals surface area contributed by atoms with Crippen molar-refractivity contribution in [3.8, 4) is 0 Å². The van der Waals surface area contributed by atoms with Crippen LogP contribution < -0.4 is 5.32 Å². The molecule has 23 heavy (non-hydrogen) atoms. The summed E-state index contributed by atoms with van der Waals surface area (Å²) in [6.07, 6.45) is 8.86. The van der Waals surface area contributed by atoms with E-state index in [1.165, 1.54) is 38.5 Å². The largest absolute Gasteiger partial charge is 0.355 e. The molecule has 0 amide bonds. The quantitative estimate of drug-likeness (QED) is 0.619. The lowest BCUT2D eigenvalue weighted by atomic mass is 9.73. The van der Waals surface area contributed by atoms with Crippen LogP contribution in [-0.4, -0.2) is 69.1 Å². The summed E-state index contributed by atoms with van der Waals surface area (Å²) >= 11 is 0. The van der Waals surface area contributed by atoms with E-state index in [1.807, 2.05) is 7.05 Å². The van der Waals surface area contributed by atoms with Crippen molar-refractivity contribution >= 4 is 16.0 Å². The third kappa shape index (κ3) is 3.82. The Morgan fingerprint density at radius 2 is 1.91 bits per heavy atom. The molecule has 1 spiro atoms. The third-order valence-electron chi connectivity index (χ3n) is 5.71. The number of guanidine groups is 1. The molecule has 2 saturated heterocycles. The maximum absolute atomic E-state index is 11.8. The minimum atomic E-state index is -2.99. The molecule has 0 atom stereocenters. The maximum Gasteiger partial charge on any atom is 0.214 e. The number of likely N-dealkylation sites (tertiary alicyclic amines) is 1. The van der Waals surface area contributed by atoms with Crippen LogP contribution in [0, 0.1) is 5.41 Å². The highest BCUT2D eigenvalue weighted by molar-refractivity contribution is 7.89. The van der Waals surface area contributed by atoms with Gasteiger partial charge in [-0.15, -0.1) is 0 Å². The number of sulfonamides is 1. The van der Waals surface area contributed by atoms with E-state index in [0.29, 0.717) is 30.8 Å². The zero-order valence-corrected chi connectivity index (χ0v) is 15.1. The van der Waals surface area contributed by atoms with Gasteiger partial charge < -0.3 is 10.2 Å². The first-order valence-corrected chi connectivity index (χ1v) is 10.6. The number of nitrogens with one attached hydrogen (secondary N) is 1. The van der Waals surface area contributed by atoms with Gasteiger partial charge in [0.05, 0.1) is 5.75 Å². The van der Waals surface area contributed by atoms with Crippen molar-refractivity contribution in [3.63, 3.8) is 0 Å². The molecule has 132 valence electrons. The monoisotopic (exact) mass is 342 g/mol. The van der Waals surface area contributed by atoms with E-state index < -0.39 is 10.0 Å². The molecule has 3 rings (SSSR count).